The Labute approximate surface area is 145 Å². The maximum absolute atomic E-state index is 12.9. The Kier molecular flexibility index (Phi) is 3.95. The first-order valence-electron chi connectivity index (χ1n) is 8.60. The van der Waals surface area contributed by atoms with Gasteiger partial charge in [0.15, 0.2) is 6.04 Å². The molecule has 1 N–H and O–H groups in total. The predicted molar refractivity (Wildman–Crippen MR) is 91.5 cm³/mol. The van der Waals surface area contributed by atoms with Crippen molar-refractivity contribution in [3.63, 3.8) is 0 Å². The van der Waals surface area contributed by atoms with Crippen LogP contribution < -0.4 is 5.01 Å². The first-order valence-corrected chi connectivity index (χ1v) is 8.60. The number of ether oxygens (including phenoxy) is 1. The predicted octanol–water partition coefficient (Wildman–Crippen LogP) is 1.34. The molecule has 4 rings (SSSR count). The lowest BCUT2D eigenvalue weighted by atomic mass is 9.87. The molecule has 0 aromatic heterocycles. The zero-order valence-electron chi connectivity index (χ0n) is 13.9. The first kappa shape index (κ1) is 16.1. The molecule has 0 aliphatic carbocycles. The Morgan fingerprint density at radius 3 is 2.72 bits per heavy atom. The summed E-state index contributed by atoms with van der Waals surface area (Å²) in [5.74, 6) is -1.12. The number of hydrazone groups is 1. The van der Waals surface area contributed by atoms with Crippen molar-refractivity contribution < 1.29 is 19.4 Å². The lowest BCUT2D eigenvalue weighted by molar-refractivity contribution is -0.138. The molecule has 1 spiro atoms. The standard InChI is InChI=1S/C18H21N3O4/c22-16(20-8-6-18(11-20)7-9-25-12-18)14-10-15(17(23)24)21(19-14)13-4-2-1-3-5-13/h1-5,15H,6-12H2,(H,23,24). The van der Waals surface area contributed by atoms with Gasteiger partial charge in [-0.3, -0.25) is 9.80 Å². The number of amides is 1. The third-order valence-corrected chi connectivity index (χ3v) is 5.37. The number of hydrogen-bond donors (Lipinski definition) is 1. The van der Waals surface area contributed by atoms with Crippen LogP contribution in [-0.2, 0) is 14.3 Å². The molecule has 3 aliphatic rings. The number of hydrogen-bond acceptors (Lipinski definition) is 5. The Balaban J connectivity index is 1.54. The van der Waals surface area contributed by atoms with Gasteiger partial charge in [-0.05, 0) is 25.0 Å². The van der Waals surface area contributed by atoms with Crippen LogP contribution in [0, 0.1) is 5.41 Å². The molecule has 25 heavy (non-hydrogen) atoms. The van der Waals surface area contributed by atoms with Crippen molar-refractivity contribution in [2.75, 3.05) is 31.3 Å². The van der Waals surface area contributed by atoms with Crippen molar-refractivity contribution in [3.05, 3.63) is 30.3 Å². The first-order chi connectivity index (χ1) is 12.1. The molecule has 3 heterocycles. The van der Waals surface area contributed by atoms with Gasteiger partial charge in [-0.1, -0.05) is 18.2 Å². The van der Waals surface area contributed by atoms with E-state index in [0.717, 1.165) is 19.4 Å². The summed E-state index contributed by atoms with van der Waals surface area (Å²) in [6.07, 6.45) is 2.05. The van der Waals surface area contributed by atoms with Gasteiger partial charge in [0.05, 0.1) is 12.3 Å². The highest BCUT2D eigenvalue weighted by atomic mass is 16.5. The second-order valence-corrected chi connectivity index (χ2v) is 7.06. The summed E-state index contributed by atoms with van der Waals surface area (Å²) >= 11 is 0. The summed E-state index contributed by atoms with van der Waals surface area (Å²) in [6, 6.07) is 8.27. The topological polar surface area (TPSA) is 82.4 Å². The van der Waals surface area contributed by atoms with E-state index in [1.54, 1.807) is 17.0 Å². The van der Waals surface area contributed by atoms with E-state index in [4.69, 9.17) is 4.74 Å². The van der Waals surface area contributed by atoms with E-state index in [1.165, 1.54) is 5.01 Å². The van der Waals surface area contributed by atoms with Crippen molar-refractivity contribution in [2.24, 2.45) is 10.5 Å². The van der Waals surface area contributed by atoms with Gasteiger partial charge in [-0.2, -0.15) is 5.10 Å². The molecule has 7 nitrogen and oxygen atoms in total. The van der Waals surface area contributed by atoms with Gasteiger partial charge in [-0.25, -0.2) is 4.79 Å². The van der Waals surface area contributed by atoms with Crippen molar-refractivity contribution >= 4 is 23.3 Å². The summed E-state index contributed by atoms with van der Waals surface area (Å²) in [5, 5.41) is 15.3. The number of nitrogens with zero attached hydrogens (tertiary/aromatic N) is 3. The number of benzene rings is 1. The minimum atomic E-state index is -0.975. The average Bonchev–Trinajstić information content (AvgIpc) is 3.36. The third-order valence-electron chi connectivity index (χ3n) is 5.37. The molecule has 7 heteroatoms. The van der Waals surface area contributed by atoms with Crippen molar-refractivity contribution in [2.45, 2.75) is 25.3 Å². The number of carbonyl (C=O) groups excluding carboxylic acids is 1. The summed E-state index contributed by atoms with van der Waals surface area (Å²) in [4.78, 5) is 26.3. The van der Waals surface area contributed by atoms with E-state index in [0.29, 0.717) is 31.1 Å². The fourth-order valence-electron chi connectivity index (χ4n) is 3.91. The van der Waals surface area contributed by atoms with E-state index in [-0.39, 0.29) is 17.7 Å². The van der Waals surface area contributed by atoms with Crippen molar-refractivity contribution in [3.8, 4) is 0 Å². The van der Waals surface area contributed by atoms with E-state index < -0.39 is 12.0 Å². The zero-order valence-corrected chi connectivity index (χ0v) is 13.9. The number of rotatable bonds is 3. The quantitative estimate of drug-likeness (QED) is 0.896. The summed E-state index contributed by atoms with van der Waals surface area (Å²) in [5.41, 5.74) is 1.09. The van der Waals surface area contributed by atoms with Gasteiger partial charge in [0.1, 0.15) is 5.71 Å². The third kappa shape index (κ3) is 2.89. The van der Waals surface area contributed by atoms with Crippen LogP contribution >= 0.6 is 0 Å². The molecule has 2 saturated heterocycles. The molecule has 1 aromatic rings. The molecule has 1 aromatic carbocycles. The molecular weight excluding hydrogens is 322 g/mol. The molecule has 2 unspecified atom stereocenters. The highest BCUT2D eigenvalue weighted by Gasteiger charge is 2.45. The van der Waals surface area contributed by atoms with Crippen LogP contribution in [0.2, 0.25) is 0 Å². The van der Waals surface area contributed by atoms with Crippen LogP contribution in [0.15, 0.2) is 35.4 Å². The van der Waals surface area contributed by atoms with Gasteiger partial charge < -0.3 is 14.7 Å². The lowest BCUT2D eigenvalue weighted by Gasteiger charge is -2.21. The van der Waals surface area contributed by atoms with Gasteiger partial charge in [0.25, 0.3) is 5.91 Å². The Hall–Kier alpha value is -2.41. The second kappa shape index (κ2) is 6.15. The Bertz CT molecular complexity index is 712. The summed E-state index contributed by atoms with van der Waals surface area (Å²) in [7, 11) is 0. The van der Waals surface area contributed by atoms with Crippen LogP contribution in [-0.4, -0.2) is 59.9 Å². The minimum Gasteiger partial charge on any atom is -0.480 e. The monoisotopic (exact) mass is 343 g/mol. The van der Waals surface area contributed by atoms with Crippen LogP contribution in [0.4, 0.5) is 5.69 Å². The fraction of sp³-hybridized carbons (Fsp3) is 0.500. The van der Waals surface area contributed by atoms with Crippen LogP contribution in [0.3, 0.4) is 0 Å². The molecule has 2 atom stereocenters. The maximum Gasteiger partial charge on any atom is 0.328 e. The van der Waals surface area contributed by atoms with Crippen LogP contribution in [0.5, 0.6) is 0 Å². The average molecular weight is 343 g/mol. The minimum absolute atomic E-state index is 0.0835. The molecule has 3 aliphatic heterocycles. The largest absolute Gasteiger partial charge is 0.480 e. The maximum atomic E-state index is 12.9. The number of para-hydroxylation sites is 1. The zero-order chi connectivity index (χ0) is 17.4. The van der Waals surface area contributed by atoms with Crippen molar-refractivity contribution in [1.29, 1.82) is 0 Å². The highest BCUT2D eigenvalue weighted by molar-refractivity contribution is 6.40. The van der Waals surface area contributed by atoms with Crippen molar-refractivity contribution in [1.82, 2.24) is 4.90 Å². The Morgan fingerprint density at radius 2 is 2.04 bits per heavy atom. The fourth-order valence-corrected chi connectivity index (χ4v) is 3.91. The van der Waals surface area contributed by atoms with E-state index in [9.17, 15) is 14.7 Å². The van der Waals surface area contributed by atoms with Crippen LogP contribution in [0.1, 0.15) is 19.3 Å². The van der Waals surface area contributed by atoms with E-state index in [1.807, 2.05) is 18.2 Å². The molecule has 0 bridgehead atoms. The van der Waals surface area contributed by atoms with E-state index >= 15 is 0 Å². The van der Waals surface area contributed by atoms with Gasteiger partial charge in [0.2, 0.25) is 0 Å². The molecule has 1 amide bonds. The summed E-state index contributed by atoms with van der Waals surface area (Å²) < 4.78 is 5.51. The number of aliphatic carboxylic acids is 1. The van der Waals surface area contributed by atoms with Crippen LogP contribution in [0.25, 0.3) is 0 Å². The number of anilines is 1. The van der Waals surface area contributed by atoms with Gasteiger partial charge in [-0.15, -0.1) is 0 Å². The van der Waals surface area contributed by atoms with E-state index in [2.05, 4.69) is 5.10 Å². The number of carboxylic acid groups (broad SMARTS) is 1. The molecule has 0 radical (unpaired) electrons. The summed E-state index contributed by atoms with van der Waals surface area (Å²) in [6.45, 7) is 2.82. The van der Waals surface area contributed by atoms with Gasteiger partial charge >= 0.3 is 5.97 Å². The molecule has 2 fully saturated rings. The SMILES string of the molecule is O=C(O)C1CC(C(=O)N2CCC3(CCOC3)C2)=NN1c1ccccc1. The lowest BCUT2D eigenvalue weighted by Crippen LogP contribution is -2.38. The highest BCUT2D eigenvalue weighted by Crippen LogP contribution is 2.38. The second-order valence-electron chi connectivity index (χ2n) is 7.06. The number of likely N-dealkylation sites (tertiary alicyclic amines) is 1. The molecule has 132 valence electrons. The normalized spacial score (nSPS) is 28.6. The Morgan fingerprint density at radius 1 is 1.24 bits per heavy atom. The number of carbonyl (C=O) groups is 2. The molecule has 0 saturated carbocycles. The molecular formula is C18H21N3O4. The smallest absolute Gasteiger partial charge is 0.328 e. The van der Waals surface area contributed by atoms with Gasteiger partial charge in [0, 0.05) is 31.5 Å². The number of carboxylic acids is 1.